The van der Waals surface area contributed by atoms with Crippen LogP contribution in [0.5, 0.6) is 11.5 Å². The number of hydrogen-bond acceptors (Lipinski definition) is 5. The van der Waals surface area contributed by atoms with Crippen molar-refractivity contribution >= 4 is 17.6 Å². The number of ether oxygens (including phenoxy) is 2. The second-order valence-electron chi connectivity index (χ2n) is 8.75. The number of aliphatic carboxylic acids is 1. The van der Waals surface area contributed by atoms with Crippen molar-refractivity contribution in [1.29, 1.82) is 0 Å². The molecular formula is C25H32N2O5. The summed E-state index contributed by atoms with van der Waals surface area (Å²) in [7, 11) is 1.51. The Morgan fingerprint density at radius 3 is 2.16 bits per heavy atom. The van der Waals surface area contributed by atoms with Gasteiger partial charge in [0.05, 0.1) is 25.3 Å². The second kappa shape index (κ2) is 10.8. The third-order valence-corrected chi connectivity index (χ3v) is 4.74. The Labute approximate surface area is 189 Å². The number of carboxylic acid groups (broad SMARTS) is 1. The molecule has 0 radical (unpaired) electrons. The van der Waals surface area contributed by atoms with Gasteiger partial charge in [0, 0.05) is 12.0 Å². The summed E-state index contributed by atoms with van der Waals surface area (Å²) in [6.07, 6.45) is 0.0642. The molecule has 0 saturated heterocycles. The molecule has 1 amide bonds. The predicted octanol–water partition coefficient (Wildman–Crippen LogP) is 4.78. The molecule has 7 nitrogen and oxygen atoms in total. The van der Waals surface area contributed by atoms with Crippen LogP contribution in [-0.2, 0) is 10.2 Å². The quantitative estimate of drug-likeness (QED) is 0.432. The Kier molecular flexibility index (Phi) is 8.41. The van der Waals surface area contributed by atoms with E-state index in [0.717, 1.165) is 11.1 Å². The van der Waals surface area contributed by atoms with Gasteiger partial charge in [0.2, 0.25) is 0 Å². The highest BCUT2D eigenvalue weighted by molar-refractivity contribution is 6.03. The van der Waals surface area contributed by atoms with Gasteiger partial charge in [-0.2, -0.15) is 5.10 Å². The molecule has 0 bridgehead atoms. The van der Waals surface area contributed by atoms with Crippen LogP contribution in [0.1, 0.15) is 68.9 Å². The lowest BCUT2D eigenvalue weighted by Gasteiger charge is -2.19. The van der Waals surface area contributed by atoms with Crippen molar-refractivity contribution in [3.05, 3.63) is 59.2 Å². The van der Waals surface area contributed by atoms with E-state index >= 15 is 0 Å². The van der Waals surface area contributed by atoms with Gasteiger partial charge in [-0.25, -0.2) is 5.43 Å². The zero-order valence-corrected chi connectivity index (χ0v) is 19.6. The van der Waals surface area contributed by atoms with Crippen molar-refractivity contribution in [3.63, 3.8) is 0 Å². The minimum absolute atomic E-state index is 0.00435. The van der Waals surface area contributed by atoms with Gasteiger partial charge in [-0.05, 0) is 48.6 Å². The van der Waals surface area contributed by atoms with Gasteiger partial charge in [0.15, 0.2) is 11.5 Å². The summed E-state index contributed by atoms with van der Waals surface area (Å²) in [5.74, 6) is -0.373. The maximum atomic E-state index is 12.7. The Morgan fingerprint density at radius 1 is 1.00 bits per heavy atom. The molecule has 172 valence electrons. The minimum Gasteiger partial charge on any atom is -0.493 e. The van der Waals surface area contributed by atoms with Gasteiger partial charge in [-0.15, -0.1) is 0 Å². The fourth-order valence-electron chi connectivity index (χ4n) is 3.00. The van der Waals surface area contributed by atoms with Crippen molar-refractivity contribution in [2.45, 2.75) is 59.0 Å². The number of nitrogens with zero attached hydrogens (tertiary/aromatic N) is 1. The molecule has 0 aliphatic carbocycles. The van der Waals surface area contributed by atoms with Crippen LogP contribution in [0.15, 0.2) is 47.6 Å². The molecular weight excluding hydrogens is 408 g/mol. The van der Waals surface area contributed by atoms with Crippen LogP contribution < -0.4 is 14.9 Å². The SMILES string of the molecule is COc1cc(C(=O)NN=C(CCC(=O)O)c2ccc(C(C)(C)C)cc2)ccc1OC(C)C. The Hall–Kier alpha value is -3.35. The average Bonchev–Trinajstić information content (AvgIpc) is 2.72. The van der Waals surface area contributed by atoms with Crippen LogP contribution in [0.3, 0.4) is 0 Å². The van der Waals surface area contributed by atoms with Crippen molar-refractivity contribution in [2.24, 2.45) is 5.10 Å². The monoisotopic (exact) mass is 440 g/mol. The number of amides is 1. The van der Waals surface area contributed by atoms with E-state index in [-0.39, 0.29) is 24.4 Å². The molecule has 0 saturated carbocycles. The summed E-state index contributed by atoms with van der Waals surface area (Å²) >= 11 is 0. The Morgan fingerprint density at radius 2 is 1.62 bits per heavy atom. The summed E-state index contributed by atoms with van der Waals surface area (Å²) in [6, 6.07) is 12.7. The molecule has 32 heavy (non-hydrogen) atoms. The number of carbonyl (C=O) groups is 2. The lowest BCUT2D eigenvalue weighted by Crippen LogP contribution is -2.21. The predicted molar refractivity (Wildman–Crippen MR) is 125 cm³/mol. The Bertz CT molecular complexity index is 973. The average molecular weight is 441 g/mol. The largest absolute Gasteiger partial charge is 0.493 e. The number of carboxylic acids is 1. The maximum absolute atomic E-state index is 12.7. The third-order valence-electron chi connectivity index (χ3n) is 4.74. The van der Waals surface area contributed by atoms with Crippen LogP contribution >= 0.6 is 0 Å². The van der Waals surface area contributed by atoms with Gasteiger partial charge in [0.25, 0.3) is 5.91 Å². The molecule has 2 aromatic rings. The molecule has 2 aromatic carbocycles. The molecule has 0 aromatic heterocycles. The topological polar surface area (TPSA) is 97.2 Å². The van der Waals surface area contributed by atoms with Crippen molar-refractivity contribution in [1.82, 2.24) is 5.43 Å². The van der Waals surface area contributed by atoms with Crippen molar-refractivity contribution in [2.75, 3.05) is 7.11 Å². The summed E-state index contributed by atoms with van der Waals surface area (Å²) in [5.41, 5.74) is 5.29. The van der Waals surface area contributed by atoms with Crippen molar-refractivity contribution < 1.29 is 24.2 Å². The van der Waals surface area contributed by atoms with E-state index in [0.29, 0.717) is 22.8 Å². The molecule has 2 rings (SSSR count). The number of hydrogen-bond donors (Lipinski definition) is 2. The first-order valence-corrected chi connectivity index (χ1v) is 10.6. The zero-order chi connectivity index (χ0) is 23.9. The number of hydrazone groups is 1. The first-order chi connectivity index (χ1) is 15.0. The van der Waals surface area contributed by atoms with Gasteiger partial charge in [0.1, 0.15) is 0 Å². The minimum atomic E-state index is -0.930. The summed E-state index contributed by atoms with van der Waals surface area (Å²) in [6.45, 7) is 10.2. The van der Waals surface area contributed by atoms with E-state index in [2.05, 4.69) is 31.3 Å². The highest BCUT2D eigenvalue weighted by atomic mass is 16.5. The van der Waals surface area contributed by atoms with E-state index in [1.165, 1.54) is 7.11 Å². The van der Waals surface area contributed by atoms with E-state index in [1.807, 2.05) is 38.1 Å². The van der Waals surface area contributed by atoms with Gasteiger partial charge in [-0.3, -0.25) is 9.59 Å². The number of nitrogens with one attached hydrogen (secondary N) is 1. The highest BCUT2D eigenvalue weighted by Gasteiger charge is 2.16. The fraction of sp³-hybridized carbons (Fsp3) is 0.400. The zero-order valence-electron chi connectivity index (χ0n) is 19.6. The first-order valence-electron chi connectivity index (χ1n) is 10.6. The number of methoxy groups -OCH3 is 1. The van der Waals surface area contributed by atoms with Crippen LogP contribution in [0.4, 0.5) is 0 Å². The third kappa shape index (κ3) is 7.11. The molecule has 0 aliphatic heterocycles. The van der Waals surface area contributed by atoms with Gasteiger partial charge in [-0.1, -0.05) is 45.0 Å². The number of carbonyl (C=O) groups excluding carboxylic acids is 1. The van der Waals surface area contributed by atoms with E-state index < -0.39 is 11.9 Å². The molecule has 0 unspecified atom stereocenters. The standard InChI is InChI=1S/C25H32N2O5/c1-16(2)32-21-13-9-18(15-22(21)31-6)24(30)27-26-20(12-14-23(28)29)17-7-10-19(11-8-17)25(3,4)5/h7-11,13,15-16H,12,14H2,1-6H3,(H,27,30)(H,28,29). The van der Waals surface area contributed by atoms with Crippen LogP contribution in [0.25, 0.3) is 0 Å². The summed E-state index contributed by atoms with van der Waals surface area (Å²) in [5, 5.41) is 13.3. The first kappa shape index (κ1) is 24.9. The molecule has 0 fully saturated rings. The van der Waals surface area contributed by atoms with E-state index in [1.54, 1.807) is 18.2 Å². The Balaban J connectivity index is 2.26. The second-order valence-corrected chi connectivity index (χ2v) is 8.75. The molecule has 0 aliphatic rings. The summed E-state index contributed by atoms with van der Waals surface area (Å²) < 4.78 is 11.0. The smallest absolute Gasteiger partial charge is 0.303 e. The molecule has 0 atom stereocenters. The van der Waals surface area contributed by atoms with Crippen LogP contribution in [0.2, 0.25) is 0 Å². The molecule has 2 N–H and O–H groups in total. The van der Waals surface area contributed by atoms with Gasteiger partial charge < -0.3 is 14.6 Å². The lowest BCUT2D eigenvalue weighted by molar-refractivity contribution is -0.136. The van der Waals surface area contributed by atoms with E-state index in [4.69, 9.17) is 14.6 Å². The highest BCUT2D eigenvalue weighted by Crippen LogP contribution is 2.29. The maximum Gasteiger partial charge on any atom is 0.303 e. The van der Waals surface area contributed by atoms with Crippen LogP contribution in [0, 0.1) is 0 Å². The molecule has 0 spiro atoms. The lowest BCUT2D eigenvalue weighted by atomic mass is 9.86. The van der Waals surface area contributed by atoms with Crippen LogP contribution in [-0.4, -0.2) is 35.9 Å². The number of rotatable bonds is 9. The fourth-order valence-corrected chi connectivity index (χ4v) is 3.00. The summed E-state index contributed by atoms with van der Waals surface area (Å²) in [4.78, 5) is 23.8. The van der Waals surface area contributed by atoms with Gasteiger partial charge >= 0.3 is 5.97 Å². The van der Waals surface area contributed by atoms with Crippen molar-refractivity contribution in [3.8, 4) is 11.5 Å². The number of benzene rings is 2. The van der Waals surface area contributed by atoms with E-state index in [9.17, 15) is 9.59 Å². The normalized spacial score (nSPS) is 11.9. The molecule has 0 heterocycles. The molecule has 7 heteroatoms.